The molecule has 4 nitrogen and oxygen atoms in total. The molecule has 23 heavy (non-hydrogen) atoms. The van der Waals surface area contributed by atoms with Crippen LogP contribution >= 0.6 is 0 Å². The highest BCUT2D eigenvalue weighted by molar-refractivity contribution is 5.73. The maximum absolute atomic E-state index is 10.5. The van der Waals surface area contributed by atoms with E-state index in [1.807, 2.05) is 54.6 Å². The monoisotopic (exact) mass is 315 g/mol. The zero-order valence-corrected chi connectivity index (χ0v) is 13.5. The summed E-state index contributed by atoms with van der Waals surface area (Å²) in [6.45, 7) is 4.33. The van der Waals surface area contributed by atoms with E-state index in [1.165, 1.54) is 5.56 Å². The zero-order valence-electron chi connectivity index (χ0n) is 13.5. The van der Waals surface area contributed by atoms with E-state index in [1.54, 1.807) is 7.11 Å². The predicted molar refractivity (Wildman–Crippen MR) is 94.0 cm³/mol. The molecule has 0 aliphatic heterocycles. The molecule has 0 radical (unpaired) electrons. The van der Waals surface area contributed by atoms with E-state index in [9.17, 15) is 4.79 Å². The Morgan fingerprint density at radius 2 is 2.17 bits per heavy atom. The van der Waals surface area contributed by atoms with Gasteiger partial charge in [-0.25, -0.2) is 0 Å². The van der Waals surface area contributed by atoms with Gasteiger partial charge in [0.05, 0.1) is 6.61 Å². The van der Waals surface area contributed by atoms with Crippen LogP contribution in [0.3, 0.4) is 0 Å². The van der Waals surface area contributed by atoms with Gasteiger partial charge in [0.25, 0.3) is 0 Å². The second-order valence-corrected chi connectivity index (χ2v) is 5.35. The summed E-state index contributed by atoms with van der Waals surface area (Å²) < 4.78 is 5.04. The zero-order chi connectivity index (χ0) is 17.1. The Morgan fingerprint density at radius 1 is 1.48 bits per heavy atom. The summed E-state index contributed by atoms with van der Waals surface area (Å²) in [5.41, 5.74) is 7.61. The number of carbonyl (C=O) groups is 1. The molecule has 1 aromatic rings. The maximum atomic E-state index is 10.5. The molecule has 0 amide bonds. The summed E-state index contributed by atoms with van der Waals surface area (Å²) in [6.07, 6.45) is 9.15. The molecule has 2 atom stereocenters. The summed E-state index contributed by atoms with van der Waals surface area (Å²) in [5, 5.41) is 8.65. The van der Waals surface area contributed by atoms with Crippen molar-refractivity contribution in [2.45, 2.75) is 18.9 Å². The number of hydrogen-bond donors (Lipinski definition) is 2. The van der Waals surface area contributed by atoms with E-state index in [-0.39, 0.29) is 0 Å². The van der Waals surface area contributed by atoms with Crippen LogP contribution < -0.4 is 5.73 Å². The molecule has 2 rings (SSSR count). The van der Waals surface area contributed by atoms with Gasteiger partial charge in [0, 0.05) is 13.0 Å². The molecule has 3 N–H and O–H groups in total. The normalized spacial score (nSPS) is 17.5. The molecule has 1 aromatic carbocycles. The van der Waals surface area contributed by atoms with Crippen LogP contribution in [0.4, 0.5) is 0 Å². The molecule has 0 bridgehead atoms. The number of ether oxygens (including phenoxy) is 1. The minimum absolute atomic E-state index is 0.394. The van der Waals surface area contributed by atoms with Crippen LogP contribution in [0.5, 0.6) is 0 Å². The summed E-state index contributed by atoms with van der Waals surface area (Å²) >= 11 is 0. The standard InChI is InChI=1S/C11H17NO3.C8H8/c1-15-7-9-4-2-8(3-5-9)6-10(12)11(13)14;1-2-8-6-4-3-5-7-8/h2-4,9-10H,5-7,12H2,1H3,(H,13,14);2-7H,1H2. The first-order chi connectivity index (χ1) is 11.1. The van der Waals surface area contributed by atoms with Gasteiger partial charge in [0.15, 0.2) is 0 Å². The molecule has 1 aliphatic rings. The number of rotatable bonds is 6. The van der Waals surface area contributed by atoms with Gasteiger partial charge in [-0.05, 0) is 18.4 Å². The second kappa shape index (κ2) is 10.5. The Balaban J connectivity index is 0.000000277. The van der Waals surface area contributed by atoms with Crippen molar-refractivity contribution in [1.29, 1.82) is 0 Å². The van der Waals surface area contributed by atoms with Crippen LogP contribution in [-0.2, 0) is 9.53 Å². The van der Waals surface area contributed by atoms with Crippen molar-refractivity contribution in [1.82, 2.24) is 0 Å². The first kappa shape index (κ1) is 18.9. The minimum atomic E-state index is -0.955. The van der Waals surface area contributed by atoms with Crippen molar-refractivity contribution in [3.63, 3.8) is 0 Å². The van der Waals surface area contributed by atoms with Crippen LogP contribution in [0.2, 0.25) is 0 Å². The molecular formula is C19H25NO3. The van der Waals surface area contributed by atoms with Crippen molar-refractivity contribution in [2.75, 3.05) is 13.7 Å². The molecule has 0 saturated heterocycles. The topological polar surface area (TPSA) is 72.5 Å². The van der Waals surface area contributed by atoms with E-state index >= 15 is 0 Å². The molecule has 0 saturated carbocycles. The van der Waals surface area contributed by atoms with Gasteiger partial charge in [0.2, 0.25) is 0 Å². The Labute approximate surface area is 138 Å². The third kappa shape index (κ3) is 7.58. The lowest BCUT2D eigenvalue weighted by atomic mass is 9.94. The summed E-state index contributed by atoms with van der Waals surface area (Å²) in [5.74, 6) is -0.553. The van der Waals surface area contributed by atoms with E-state index in [2.05, 4.69) is 6.58 Å². The summed E-state index contributed by atoms with van der Waals surface area (Å²) in [4.78, 5) is 10.5. The number of methoxy groups -OCH3 is 1. The fraction of sp³-hybridized carbons (Fsp3) is 0.316. The van der Waals surface area contributed by atoms with Crippen LogP contribution in [0.15, 0.2) is 60.7 Å². The number of nitrogens with two attached hydrogens (primary N) is 1. The minimum Gasteiger partial charge on any atom is -0.480 e. The fourth-order valence-electron chi connectivity index (χ4n) is 2.13. The van der Waals surface area contributed by atoms with Crippen molar-refractivity contribution in [2.24, 2.45) is 11.7 Å². The number of benzene rings is 1. The predicted octanol–water partition coefficient (Wildman–Crippen LogP) is 3.27. The van der Waals surface area contributed by atoms with E-state index < -0.39 is 12.0 Å². The van der Waals surface area contributed by atoms with Gasteiger partial charge in [-0.15, -0.1) is 0 Å². The largest absolute Gasteiger partial charge is 0.480 e. The smallest absolute Gasteiger partial charge is 0.320 e. The molecule has 4 heteroatoms. The second-order valence-electron chi connectivity index (χ2n) is 5.35. The van der Waals surface area contributed by atoms with Crippen LogP contribution in [0.25, 0.3) is 6.08 Å². The van der Waals surface area contributed by atoms with Gasteiger partial charge in [-0.3, -0.25) is 4.79 Å². The highest BCUT2D eigenvalue weighted by Gasteiger charge is 2.15. The maximum Gasteiger partial charge on any atom is 0.320 e. The molecular weight excluding hydrogens is 290 g/mol. The number of allylic oxidation sites excluding steroid dienone is 2. The lowest BCUT2D eigenvalue weighted by Crippen LogP contribution is -2.30. The molecule has 0 heterocycles. The third-order valence-corrected chi connectivity index (χ3v) is 3.45. The van der Waals surface area contributed by atoms with Crippen molar-refractivity contribution in [3.8, 4) is 0 Å². The SMILES string of the molecule is C=Cc1ccccc1.COCC1C=CC(CC(N)C(=O)O)=CC1. The number of carboxylic acid groups (broad SMARTS) is 1. The lowest BCUT2D eigenvalue weighted by Gasteiger charge is -2.16. The molecule has 1 aliphatic carbocycles. The molecule has 0 aromatic heterocycles. The lowest BCUT2D eigenvalue weighted by molar-refractivity contribution is -0.138. The summed E-state index contributed by atoms with van der Waals surface area (Å²) in [6, 6.07) is 9.22. The van der Waals surface area contributed by atoms with Gasteiger partial charge in [-0.1, -0.05) is 66.8 Å². The number of hydrogen-bond acceptors (Lipinski definition) is 3. The molecule has 2 unspecified atom stereocenters. The number of carboxylic acids is 1. The Bertz CT molecular complexity index is 549. The average Bonchev–Trinajstić information content (AvgIpc) is 2.58. The Hall–Kier alpha value is -2.17. The van der Waals surface area contributed by atoms with Crippen molar-refractivity contribution in [3.05, 3.63) is 66.3 Å². The van der Waals surface area contributed by atoms with Crippen LogP contribution in [-0.4, -0.2) is 30.8 Å². The van der Waals surface area contributed by atoms with E-state index in [0.717, 1.165) is 12.0 Å². The van der Waals surface area contributed by atoms with Gasteiger partial charge < -0.3 is 15.6 Å². The van der Waals surface area contributed by atoms with Gasteiger partial charge in [0.1, 0.15) is 6.04 Å². The Morgan fingerprint density at radius 3 is 2.61 bits per heavy atom. The molecule has 0 spiro atoms. The third-order valence-electron chi connectivity index (χ3n) is 3.45. The first-order valence-corrected chi connectivity index (χ1v) is 7.58. The number of aliphatic carboxylic acids is 1. The molecule has 0 fully saturated rings. The van der Waals surface area contributed by atoms with Gasteiger partial charge >= 0.3 is 5.97 Å². The van der Waals surface area contributed by atoms with Crippen molar-refractivity contribution < 1.29 is 14.6 Å². The molecule has 124 valence electrons. The van der Waals surface area contributed by atoms with E-state index in [4.69, 9.17) is 15.6 Å². The average molecular weight is 315 g/mol. The van der Waals surface area contributed by atoms with Gasteiger partial charge in [-0.2, -0.15) is 0 Å². The van der Waals surface area contributed by atoms with Crippen LogP contribution in [0, 0.1) is 5.92 Å². The first-order valence-electron chi connectivity index (χ1n) is 7.58. The van der Waals surface area contributed by atoms with E-state index in [0.29, 0.717) is 18.9 Å². The summed E-state index contributed by atoms with van der Waals surface area (Å²) in [7, 11) is 1.67. The highest BCUT2D eigenvalue weighted by atomic mass is 16.5. The fourth-order valence-corrected chi connectivity index (χ4v) is 2.13. The Kier molecular flexibility index (Phi) is 8.65. The van der Waals surface area contributed by atoms with Crippen molar-refractivity contribution >= 4 is 12.0 Å². The van der Waals surface area contributed by atoms with Crippen LogP contribution in [0.1, 0.15) is 18.4 Å². The quantitative estimate of drug-likeness (QED) is 0.845. The highest BCUT2D eigenvalue weighted by Crippen LogP contribution is 2.19.